The van der Waals surface area contributed by atoms with Crippen LogP contribution in [0.4, 0.5) is 13.2 Å². The van der Waals surface area contributed by atoms with Gasteiger partial charge in [-0.3, -0.25) is 10.0 Å². The summed E-state index contributed by atoms with van der Waals surface area (Å²) in [6.07, 6.45) is -5.25. The fraction of sp³-hybridized carbons (Fsp3) is 0.350. The number of amides is 1. The Morgan fingerprint density at radius 3 is 1.91 bits per heavy atom. The van der Waals surface area contributed by atoms with Crippen LogP contribution in [0.15, 0.2) is 53.4 Å². The molecule has 0 radical (unpaired) electrons. The number of ether oxygens (including phenoxy) is 2. The molecule has 1 amide bonds. The Kier molecular flexibility index (Phi) is 7.15. The highest BCUT2D eigenvalue weighted by Gasteiger charge is 2.45. The van der Waals surface area contributed by atoms with E-state index in [0.29, 0.717) is 0 Å². The van der Waals surface area contributed by atoms with E-state index in [4.69, 9.17) is 4.74 Å². The number of nitrogens with zero attached hydrogens (tertiary/aromatic N) is 1. The average molecular weight is 524 g/mol. The molecule has 2 aromatic rings. The molecule has 0 aromatic heterocycles. The third-order valence-electron chi connectivity index (χ3n) is 5.28. The van der Waals surface area contributed by atoms with Crippen molar-refractivity contribution >= 4 is 26.1 Å². The smallest absolute Gasteiger partial charge is 0.457 e. The van der Waals surface area contributed by atoms with Gasteiger partial charge in [-0.1, -0.05) is 0 Å². The van der Waals surface area contributed by atoms with E-state index >= 15 is 0 Å². The van der Waals surface area contributed by atoms with Crippen LogP contribution < -0.4 is 9.47 Å². The lowest BCUT2D eigenvalue weighted by Gasteiger charge is -2.40. The summed E-state index contributed by atoms with van der Waals surface area (Å²) in [5.41, 5.74) is -1.58. The average Bonchev–Trinajstić information content (AvgIpc) is 2.75. The molecule has 14 heteroatoms. The minimum atomic E-state index is -4.83. The molecular formula is C20H20F3NO8S2. The van der Waals surface area contributed by atoms with Gasteiger partial charge < -0.3 is 9.47 Å². The van der Waals surface area contributed by atoms with Gasteiger partial charge in [-0.15, -0.1) is 13.2 Å². The normalized spacial score (nSPS) is 17.5. The lowest BCUT2D eigenvalue weighted by atomic mass is 9.94. The monoisotopic (exact) mass is 523 g/mol. The Balaban J connectivity index is 1.73. The lowest BCUT2D eigenvalue weighted by molar-refractivity contribution is -0.274. The second-order valence-electron chi connectivity index (χ2n) is 7.68. The van der Waals surface area contributed by atoms with Gasteiger partial charge in [-0.25, -0.2) is 21.9 Å². The van der Waals surface area contributed by atoms with Gasteiger partial charge in [0.1, 0.15) is 17.2 Å². The molecule has 1 heterocycles. The van der Waals surface area contributed by atoms with Crippen LogP contribution in [0, 0.1) is 0 Å². The summed E-state index contributed by atoms with van der Waals surface area (Å²) in [7, 11) is -7.45. The van der Waals surface area contributed by atoms with Gasteiger partial charge in [-0.05, 0) is 61.4 Å². The Morgan fingerprint density at radius 2 is 1.44 bits per heavy atom. The molecule has 0 aliphatic carbocycles. The summed E-state index contributed by atoms with van der Waals surface area (Å²) >= 11 is 0. The highest BCUT2D eigenvalue weighted by atomic mass is 32.2. The number of hydrogen-bond donors (Lipinski definition) is 1. The standard InChI is InChI=1S/C20H20F3NO8S2/c21-20(22,23)32-17-3-1-15(2-4-17)31-16-5-7-18(8-6-16)34(29,30)13-19(24(26)14-25)9-11-33(27,28)12-10-19/h1-8,14,26H,9-13H2. The Bertz CT molecular complexity index is 1210. The van der Waals surface area contributed by atoms with Crippen molar-refractivity contribution in [2.45, 2.75) is 29.6 Å². The zero-order valence-electron chi connectivity index (χ0n) is 17.4. The quantitative estimate of drug-likeness (QED) is 0.318. The number of halogens is 3. The molecule has 1 saturated heterocycles. The molecule has 1 fully saturated rings. The highest BCUT2D eigenvalue weighted by Crippen LogP contribution is 2.33. The molecule has 0 bridgehead atoms. The van der Waals surface area contributed by atoms with Crippen LogP contribution in [0.5, 0.6) is 17.2 Å². The predicted octanol–water partition coefficient (Wildman–Crippen LogP) is 2.95. The van der Waals surface area contributed by atoms with Gasteiger partial charge in [0.05, 0.1) is 27.7 Å². The number of sulfone groups is 2. The predicted molar refractivity (Wildman–Crippen MR) is 112 cm³/mol. The number of rotatable bonds is 8. The summed E-state index contributed by atoms with van der Waals surface area (Å²) in [6.45, 7) is 0. The topological polar surface area (TPSA) is 127 Å². The van der Waals surface area contributed by atoms with Crippen molar-refractivity contribution in [2.24, 2.45) is 0 Å². The van der Waals surface area contributed by atoms with Gasteiger partial charge in [-0.2, -0.15) is 0 Å². The molecule has 9 nitrogen and oxygen atoms in total. The van der Waals surface area contributed by atoms with E-state index in [0.717, 1.165) is 12.1 Å². The SMILES string of the molecule is O=CN(O)C1(CS(=O)(=O)c2ccc(Oc3ccc(OC(F)(F)F)cc3)cc2)CCS(=O)(=O)CC1. The first-order valence-corrected chi connectivity index (χ1v) is 13.2. The van der Waals surface area contributed by atoms with Crippen LogP contribution in [-0.2, 0) is 24.5 Å². The van der Waals surface area contributed by atoms with Crippen LogP contribution in [-0.4, -0.2) is 62.7 Å². The van der Waals surface area contributed by atoms with E-state index in [1.54, 1.807) is 0 Å². The number of hydrogen-bond acceptors (Lipinski definition) is 8. The third-order valence-corrected chi connectivity index (χ3v) is 8.84. The van der Waals surface area contributed by atoms with Crippen molar-refractivity contribution in [1.29, 1.82) is 0 Å². The highest BCUT2D eigenvalue weighted by molar-refractivity contribution is 7.92. The van der Waals surface area contributed by atoms with Gasteiger partial charge in [0, 0.05) is 0 Å². The van der Waals surface area contributed by atoms with E-state index in [1.807, 2.05) is 0 Å². The second kappa shape index (κ2) is 9.43. The molecule has 0 atom stereocenters. The maximum atomic E-state index is 13.0. The van der Waals surface area contributed by atoms with Crippen molar-refractivity contribution in [2.75, 3.05) is 17.3 Å². The molecule has 186 valence electrons. The van der Waals surface area contributed by atoms with Gasteiger partial charge in [0.2, 0.25) is 6.41 Å². The molecule has 1 aliphatic heterocycles. The molecule has 0 saturated carbocycles. The summed E-state index contributed by atoms with van der Waals surface area (Å²) in [5, 5.41) is 10.2. The molecule has 34 heavy (non-hydrogen) atoms. The molecule has 1 aliphatic rings. The van der Waals surface area contributed by atoms with Crippen LogP contribution in [0.2, 0.25) is 0 Å². The summed E-state index contributed by atoms with van der Waals surface area (Å²) < 4.78 is 95.3. The number of benzene rings is 2. The van der Waals surface area contributed by atoms with Crippen molar-refractivity contribution in [3.63, 3.8) is 0 Å². The molecule has 3 rings (SSSR count). The van der Waals surface area contributed by atoms with Crippen LogP contribution in [0.25, 0.3) is 0 Å². The van der Waals surface area contributed by atoms with Gasteiger partial charge in [0.15, 0.2) is 19.7 Å². The maximum absolute atomic E-state index is 13.0. The maximum Gasteiger partial charge on any atom is 0.573 e. The van der Waals surface area contributed by atoms with E-state index < -0.39 is 43.1 Å². The first kappa shape index (κ1) is 25.8. The summed E-state index contributed by atoms with van der Waals surface area (Å²) in [4.78, 5) is 11.0. The number of hydroxylamine groups is 2. The van der Waals surface area contributed by atoms with Crippen molar-refractivity contribution in [1.82, 2.24) is 5.06 Å². The van der Waals surface area contributed by atoms with Gasteiger partial charge >= 0.3 is 6.36 Å². The first-order chi connectivity index (χ1) is 15.7. The fourth-order valence-corrected chi connectivity index (χ4v) is 6.90. The third kappa shape index (κ3) is 6.39. The van der Waals surface area contributed by atoms with Crippen LogP contribution >= 0.6 is 0 Å². The van der Waals surface area contributed by atoms with Crippen molar-refractivity contribution in [3.05, 3.63) is 48.5 Å². The zero-order valence-corrected chi connectivity index (χ0v) is 19.1. The van der Waals surface area contributed by atoms with Crippen LogP contribution in [0.1, 0.15) is 12.8 Å². The molecule has 1 N–H and O–H groups in total. The minimum absolute atomic E-state index is 0.0510. The van der Waals surface area contributed by atoms with Crippen molar-refractivity contribution in [3.8, 4) is 17.2 Å². The summed E-state index contributed by atoms with van der Waals surface area (Å²) in [5.74, 6) is -1.49. The molecule has 0 spiro atoms. The zero-order chi connectivity index (χ0) is 25.2. The minimum Gasteiger partial charge on any atom is -0.457 e. The van der Waals surface area contributed by atoms with Crippen molar-refractivity contribution < 1.29 is 49.5 Å². The van der Waals surface area contributed by atoms with E-state index in [9.17, 15) is 40.0 Å². The lowest BCUT2D eigenvalue weighted by Crippen LogP contribution is -2.55. The second-order valence-corrected chi connectivity index (χ2v) is 12.0. The molecule has 0 unspecified atom stereocenters. The van der Waals surface area contributed by atoms with E-state index in [1.165, 1.54) is 36.4 Å². The molecular weight excluding hydrogens is 503 g/mol. The number of carbonyl (C=O) groups excluding carboxylic acids is 1. The number of carbonyl (C=O) groups is 1. The van der Waals surface area contributed by atoms with Gasteiger partial charge in [0.25, 0.3) is 0 Å². The Morgan fingerprint density at radius 1 is 0.971 bits per heavy atom. The van der Waals surface area contributed by atoms with Crippen LogP contribution in [0.3, 0.4) is 0 Å². The molecule has 2 aromatic carbocycles. The largest absolute Gasteiger partial charge is 0.573 e. The Labute approximate surface area is 193 Å². The fourth-order valence-electron chi connectivity index (χ4n) is 3.47. The summed E-state index contributed by atoms with van der Waals surface area (Å²) in [6, 6.07) is 9.67. The van der Waals surface area contributed by atoms with E-state index in [2.05, 4.69) is 4.74 Å². The Hall–Kier alpha value is -2.84. The van der Waals surface area contributed by atoms with E-state index in [-0.39, 0.29) is 52.2 Å². The number of alkyl halides is 3. The first-order valence-electron chi connectivity index (χ1n) is 9.74.